The molecule has 32 heavy (non-hydrogen) atoms. The lowest BCUT2D eigenvalue weighted by molar-refractivity contribution is -0.122. The Balaban J connectivity index is 1.62. The molecular weight excluding hydrogens is 408 g/mol. The molecule has 1 atom stereocenters. The molecule has 3 rings (SSSR count). The summed E-state index contributed by atoms with van der Waals surface area (Å²) in [7, 11) is 1.61. The van der Waals surface area contributed by atoms with Gasteiger partial charge in [-0.15, -0.1) is 0 Å². The molecule has 0 spiro atoms. The number of methoxy groups -OCH3 is 1. The number of hydrogen-bond donors (Lipinski definition) is 1. The fraction of sp³-hybridized carbons (Fsp3) is 0.280. The first-order valence-electron chi connectivity index (χ1n) is 10.4. The summed E-state index contributed by atoms with van der Waals surface area (Å²) in [6.45, 7) is 6.29. The van der Waals surface area contributed by atoms with Crippen molar-refractivity contribution in [2.45, 2.75) is 33.4 Å². The Morgan fingerprint density at radius 3 is 2.31 bits per heavy atom. The topological polar surface area (TPSA) is 78.8 Å². The maximum absolute atomic E-state index is 12.5. The summed E-state index contributed by atoms with van der Waals surface area (Å²) in [5.41, 5.74) is 2.13. The number of aryl methyl sites for hydroxylation is 1. The minimum atomic E-state index is -0.839. The third kappa shape index (κ3) is 5.91. The Hall–Kier alpha value is -3.74. The van der Waals surface area contributed by atoms with E-state index in [1.165, 1.54) is 6.07 Å². The van der Waals surface area contributed by atoms with E-state index in [-0.39, 0.29) is 17.1 Å². The zero-order valence-electron chi connectivity index (χ0n) is 18.8. The molecule has 0 radical (unpaired) electrons. The first kappa shape index (κ1) is 22.9. The molecule has 168 valence electrons. The van der Waals surface area contributed by atoms with Crippen molar-refractivity contribution in [2.24, 2.45) is 0 Å². The van der Waals surface area contributed by atoms with Crippen LogP contribution < -0.4 is 25.0 Å². The van der Waals surface area contributed by atoms with Gasteiger partial charge in [0, 0.05) is 18.0 Å². The van der Waals surface area contributed by atoms with Gasteiger partial charge in [0.25, 0.3) is 5.91 Å². The highest BCUT2D eigenvalue weighted by Crippen LogP contribution is 2.18. The van der Waals surface area contributed by atoms with E-state index in [9.17, 15) is 9.59 Å². The minimum absolute atomic E-state index is 0.156. The van der Waals surface area contributed by atoms with E-state index in [4.69, 9.17) is 14.2 Å². The quantitative estimate of drug-likeness (QED) is 0.549. The molecule has 2 aromatic carbocycles. The standard InChI is InChI=1S/C25H28N2O5/c1-17-5-7-20(8-6-17)26-25(29)19(3)32-24-18(2)27(14-13-23(24)28)15-16-31-22-11-9-21(30-4)10-12-22/h5-14,19H,15-16H2,1-4H3,(H,26,29). The van der Waals surface area contributed by atoms with Crippen LogP contribution in [0.15, 0.2) is 65.6 Å². The number of anilines is 1. The van der Waals surface area contributed by atoms with Gasteiger partial charge >= 0.3 is 0 Å². The Morgan fingerprint density at radius 2 is 1.66 bits per heavy atom. The lowest BCUT2D eigenvalue weighted by Crippen LogP contribution is -2.32. The highest BCUT2D eigenvalue weighted by atomic mass is 16.5. The van der Waals surface area contributed by atoms with E-state index in [1.807, 2.05) is 60.0 Å². The van der Waals surface area contributed by atoms with Crippen molar-refractivity contribution >= 4 is 11.6 Å². The van der Waals surface area contributed by atoms with Crippen molar-refractivity contribution in [3.63, 3.8) is 0 Å². The summed E-state index contributed by atoms with van der Waals surface area (Å²) >= 11 is 0. The molecule has 3 aromatic rings. The third-order valence-corrected chi connectivity index (χ3v) is 5.03. The zero-order valence-corrected chi connectivity index (χ0v) is 18.8. The van der Waals surface area contributed by atoms with Gasteiger partial charge < -0.3 is 24.1 Å². The number of carbonyl (C=O) groups is 1. The van der Waals surface area contributed by atoms with Crippen molar-refractivity contribution in [3.05, 3.63) is 82.3 Å². The van der Waals surface area contributed by atoms with Crippen LogP contribution in [-0.4, -0.2) is 30.3 Å². The lowest BCUT2D eigenvalue weighted by Gasteiger charge is -2.18. The van der Waals surface area contributed by atoms with Gasteiger partial charge in [-0.25, -0.2) is 0 Å². The van der Waals surface area contributed by atoms with Crippen LogP contribution in [0.25, 0.3) is 0 Å². The molecule has 0 saturated carbocycles. The highest BCUT2D eigenvalue weighted by molar-refractivity contribution is 5.94. The maximum atomic E-state index is 12.5. The smallest absolute Gasteiger partial charge is 0.265 e. The van der Waals surface area contributed by atoms with Crippen LogP contribution >= 0.6 is 0 Å². The van der Waals surface area contributed by atoms with Gasteiger partial charge in [0.2, 0.25) is 5.43 Å². The molecule has 1 unspecified atom stereocenters. The van der Waals surface area contributed by atoms with Crippen LogP contribution in [0, 0.1) is 13.8 Å². The molecule has 1 N–H and O–H groups in total. The number of carbonyl (C=O) groups excluding carboxylic acids is 1. The fourth-order valence-electron chi connectivity index (χ4n) is 3.08. The first-order chi connectivity index (χ1) is 15.4. The minimum Gasteiger partial charge on any atom is -0.497 e. The van der Waals surface area contributed by atoms with E-state index in [0.29, 0.717) is 24.5 Å². The van der Waals surface area contributed by atoms with Gasteiger partial charge in [-0.3, -0.25) is 9.59 Å². The summed E-state index contributed by atoms with van der Waals surface area (Å²) in [5.74, 6) is 1.31. The van der Waals surface area contributed by atoms with Crippen LogP contribution in [0.5, 0.6) is 17.2 Å². The first-order valence-corrected chi connectivity index (χ1v) is 10.4. The van der Waals surface area contributed by atoms with Crippen molar-refractivity contribution in [1.82, 2.24) is 4.57 Å². The van der Waals surface area contributed by atoms with Crippen LogP contribution in [0.3, 0.4) is 0 Å². The van der Waals surface area contributed by atoms with Crippen molar-refractivity contribution < 1.29 is 19.0 Å². The summed E-state index contributed by atoms with van der Waals surface area (Å²) in [6.07, 6.45) is 0.855. The average Bonchev–Trinajstić information content (AvgIpc) is 2.80. The Labute approximate surface area is 187 Å². The number of hydrogen-bond acceptors (Lipinski definition) is 5. The molecule has 1 amide bonds. The van der Waals surface area contributed by atoms with Gasteiger partial charge in [0.05, 0.1) is 19.3 Å². The molecule has 0 aliphatic carbocycles. The second-order valence-corrected chi connectivity index (χ2v) is 7.43. The second-order valence-electron chi connectivity index (χ2n) is 7.43. The molecule has 0 aliphatic rings. The number of amides is 1. The SMILES string of the molecule is COc1ccc(OCCn2ccc(=O)c(OC(C)C(=O)Nc3ccc(C)cc3)c2C)cc1. The average molecular weight is 437 g/mol. The molecular formula is C25H28N2O5. The summed E-state index contributed by atoms with van der Waals surface area (Å²) in [4.78, 5) is 24.9. The molecule has 1 aromatic heterocycles. The van der Waals surface area contributed by atoms with Gasteiger partial charge in [-0.1, -0.05) is 17.7 Å². The molecule has 1 heterocycles. The van der Waals surface area contributed by atoms with Crippen LogP contribution in [0.2, 0.25) is 0 Å². The molecule has 7 nitrogen and oxygen atoms in total. The molecule has 0 bridgehead atoms. The monoisotopic (exact) mass is 436 g/mol. The van der Waals surface area contributed by atoms with E-state index in [0.717, 1.165) is 17.1 Å². The van der Waals surface area contributed by atoms with E-state index in [2.05, 4.69) is 5.32 Å². The maximum Gasteiger partial charge on any atom is 0.265 e. The molecule has 0 aliphatic heterocycles. The van der Waals surface area contributed by atoms with Crippen LogP contribution in [0.1, 0.15) is 18.2 Å². The Morgan fingerprint density at radius 1 is 1.00 bits per heavy atom. The second kappa shape index (κ2) is 10.5. The Bertz CT molecular complexity index is 1100. The number of benzene rings is 2. The van der Waals surface area contributed by atoms with Gasteiger partial charge in [-0.2, -0.15) is 0 Å². The molecule has 7 heteroatoms. The lowest BCUT2D eigenvalue weighted by atomic mass is 10.2. The molecule has 0 saturated heterocycles. The summed E-state index contributed by atoms with van der Waals surface area (Å²) in [6, 6.07) is 16.2. The van der Waals surface area contributed by atoms with Crippen LogP contribution in [-0.2, 0) is 11.3 Å². The van der Waals surface area contributed by atoms with E-state index in [1.54, 1.807) is 27.2 Å². The fourth-order valence-corrected chi connectivity index (χ4v) is 3.08. The number of ether oxygens (including phenoxy) is 3. The summed E-state index contributed by atoms with van der Waals surface area (Å²) < 4.78 is 18.5. The number of nitrogens with zero attached hydrogens (tertiary/aromatic N) is 1. The van der Waals surface area contributed by atoms with E-state index < -0.39 is 6.10 Å². The third-order valence-electron chi connectivity index (χ3n) is 5.03. The van der Waals surface area contributed by atoms with Crippen LogP contribution in [0.4, 0.5) is 5.69 Å². The van der Waals surface area contributed by atoms with Gasteiger partial charge in [0.15, 0.2) is 11.9 Å². The van der Waals surface area contributed by atoms with Gasteiger partial charge in [0.1, 0.15) is 18.1 Å². The number of nitrogens with one attached hydrogen (secondary N) is 1. The number of rotatable bonds is 9. The largest absolute Gasteiger partial charge is 0.497 e. The van der Waals surface area contributed by atoms with Crippen molar-refractivity contribution in [2.75, 3.05) is 19.0 Å². The van der Waals surface area contributed by atoms with E-state index >= 15 is 0 Å². The highest BCUT2D eigenvalue weighted by Gasteiger charge is 2.19. The van der Waals surface area contributed by atoms with Gasteiger partial charge in [-0.05, 0) is 57.2 Å². The van der Waals surface area contributed by atoms with Crippen molar-refractivity contribution in [3.8, 4) is 17.2 Å². The predicted octanol–water partition coefficient (Wildman–Crippen LogP) is 3.96. The molecule has 0 fully saturated rings. The zero-order chi connectivity index (χ0) is 23.1. The van der Waals surface area contributed by atoms with Crippen molar-refractivity contribution in [1.29, 1.82) is 0 Å². The predicted molar refractivity (Wildman–Crippen MR) is 124 cm³/mol. The summed E-state index contributed by atoms with van der Waals surface area (Å²) in [5, 5.41) is 2.80. The number of pyridine rings is 1. The normalized spacial score (nSPS) is 11.5. The Kier molecular flexibility index (Phi) is 7.54. The number of aromatic nitrogens is 1.